The van der Waals surface area contributed by atoms with Crippen LogP contribution in [0.4, 0.5) is 0 Å². The van der Waals surface area contributed by atoms with Crippen LogP contribution in [0.15, 0.2) is 12.3 Å². The van der Waals surface area contributed by atoms with Crippen LogP contribution in [0.3, 0.4) is 0 Å². The Morgan fingerprint density at radius 3 is 2.45 bits per heavy atom. The van der Waals surface area contributed by atoms with E-state index in [4.69, 9.17) is 0 Å². The van der Waals surface area contributed by atoms with E-state index >= 15 is 0 Å². The summed E-state index contributed by atoms with van der Waals surface area (Å²) in [7, 11) is 4.10. The summed E-state index contributed by atoms with van der Waals surface area (Å²) < 4.78 is 1.90. The molecule has 1 aliphatic carbocycles. The predicted octanol–water partition coefficient (Wildman–Crippen LogP) is 2.21. The summed E-state index contributed by atoms with van der Waals surface area (Å²) in [6, 6.07) is 2.63. The molecule has 0 spiro atoms. The molecule has 4 heteroatoms. The lowest BCUT2D eigenvalue weighted by atomic mass is 9.83. The van der Waals surface area contributed by atoms with Crippen molar-refractivity contribution in [2.75, 3.05) is 20.1 Å². The first-order chi connectivity index (χ1) is 9.66. The summed E-state index contributed by atoms with van der Waals surface area (Å²) in [5, 5.41) is 8.17. The van der Waals surface area contributed by atoms with Crippen LogP contribution in [0, 0.1) is 0 Å². The van der Waals surface area contributed by atoms with Gasteiger partial charge >= 0.3 is 0 Å². The Labute approximate surface area is 123 Å². The quantitative estimate of drug-likeness (QED) is 0.830. The maximum atomic E-state index is 4.57. The van der Waals surface area contributed by atoms with Crippen molar-refractivity contribution in [1.29, 1.82) is 0 Å². The van der Waals surface area contributed by atoms with Gasteiger partial charge in [0.15, 0.2) is 0 Å². The molecule has 0 saturated heterocycles. The van der Waals surface area contributed by atoms with E-state index in [9.17, 15) is 0 Å². The topological polar surface area (TPSA) is 33.1 Å². The minimum atomic E-state index is 0.315. The van der Waals surface area contributed by atoms with Gasteiger partial charge in [-0.1, -0.05) is 26.7 Å². The highest BCUT2D eigenvalue weighted by Gasteiger charge is 2.44. The van der Waals surface area contributed by atoms with Crippen LogP contribution in [0.2, 0.25) is 0 Å². The lowest BCUT2D eigenvalue weighted by Gasteiger charge is -2.46. The molecule has 1 aliphatic rings. The molecule has 1 fully saturated rings. The van der Waals surface area contributed by atoms with Crippen molar-refractivity contribution in [3.8, 4) is 0 Å². The first-order valence-corrected chi connectivity index (χ1v) is 8.07. The third kappa shape index (κ3) is 2.91. The number of rotatable bonds is 7. The highest BCUT2D eigenvalue weighted by molar-refractivity contribution is 5.10. The van der Waals surface area contributed by atoms with Gasteiger partial charge in [-0.3, -0.25) is 9.58 Å². The standard InChI is InChI=1S/C16H30N4/c1-5-20(6-2)16(10-7-8-11-16)15(17-3)13-14-9-12-19(4)18-14/h9,12,15,17H,5-8,10-11,13H2,1-4H3. The van der Waals surface area contributed by atoms with Crippen molar-refractivity contribution in [3.05, 3.63) is 18.0 Å². The number of hydrogen-bond donors (Lipinski definition) is 1. The van der Waals surface area contributed by atoms with E-state index in [2.05, 4.69) is 42.3 Å². The molecule has 114 valence electrons. The molecule has 0 aliphatic heterocycles. The molecular formula is C16H30N4. The zero-order valence-corrected chi connectivity index (χ0v) is 13.5. The highest BCUT2D eigenvalue weighted by Crippen LogP contribution is 2.39. The van der Waals surface area contributed by atoms with Crippen molar-refractivity contribution in [3.63, 3.8) is 0 Å². The van der Waals surface area contributed by atoms with Crippen molar-refractivity contribution >= 4 is 0 Å². The maximum Gasteiger partial charge on any atom is 0.0640 e. The van der Waals surface area contributed by atoms with Gasteiger partial charge in [0.1, 0.15) is 0 Å². The third-order valence-corrected chi connectivity index (χ3v) is 5.04. The zero-order valence-electron chi connectivity index (χ0n) is 13.5. The fourth-order valence-electron chi connectivity index (χ4n) is 4.07. The second kappa shape index (κ2) is 6.72. The first kappa shape index (κ1) is 15.5. The molecule has 0 amide bonds. The van der Waals surface area contributed by atoms with Gasteiger partial charge < -0.3 is 5.32 Å². The van der Waals surface area contributed by atoms with Gasteiger partial charge in [0.05, 0.1) is 5.69 Å². The number of aromatic nitrogens is 2. The molecule has 1 aromatic heterocycles. The van der Waals surface area contributed by atoms with E-state index in [-0.39, 0.29) is 0 Å². The minimum Gasteiger partial charge on any atom is -0.315 e. The normalized spacial score (nSPS) is 19.6. The van der Waals surface area contributed by atoms with Gasteiger partial charge in [-0.2, -0.15) is 5.10 Å². The van der Waals surface area contributed by atoms with E-state index in [1.54, 1.807) is 0 Å². The van der Waals surface area contributed by atoms with Crippen molar-refractivity contribution in [1.82, 2.24) is 20.0 Å². The SMILES string of the molecule is CCN(CC)C1(C(Cc2ccn(C)n2)NC)CCCC1. The summed E-state index contributed by atoms with van der Waals surface area (Å²) in [5.41, 5.74) is 1.51. The number of nitrogens with zero attached hydrogens (tertiary/aromatic N) is 3. The monoisotopic (exact) mass is 278 g/mol. The van der Waals surface area contributed by atoms with Crippen LogP contribution in [0.5, 0.6) is 0 Å². The fourth-order valence-corrected chi connectivity index (χ4v) is 4.07. The molecule has 1 aromatic rings. The van der Waals surface area contributed by atoms with Crippen LogP contribution in [0.25, 0.3) is 0 Å². The van der Waals surface area contributed by atoms with E-state index in [0.717, 1.165) is 19.5 Å². The molecule has 4 nitrogen and oxygen atoms in total. The van der Waals surface area contributed by atoms with Crippen LogP contribution in [-0.2, 0) is 13.5 Å². The molecular weight excluding hydrogens is 248 g/mol. The average Bonchev–Trinajstić information content (AvgIpc) is 3.07. The van der Waals surface area contributed by atoms with Gasteiger partial charge in [-0.25, -0.2) is 0 Å². The van der Waals surface area contributed by atoms with Crippen LogP contribution >= 0.6 is 0 Å². The molecule has 2 rings (SSSR count). The lowest BCUT2D eigenvalue weighted by molar-refractivity contribution is 0.0654. The Hall–Kier alpha value is -0.870. The van der Waals surface area contributed by atoms with Crippen LogP contribution < -0.4 is 5.32 Å². The van der Waals surface area contributed by atoms with Crippen LogP contribution in [0.1, 0.15) is 45.2 Å². The summed E-state index contributed by atoms with van der Waals surface area (Å²) in [4.78, 5) is 2.67. The lowest BCUT2D eigenvalue weighted by Crippen LogP contribution is -2.60. The van der Waals surface area contributed by atoms with Gasteiger partial charge in [0, 0.05) is 31.2 Å². The van der Waals surface area contributed by atoms with E-state index in [0.29, 0.717) is 11.6 Å². The van der Waals surface area contributed by atoms with Crippen molar-refractivity contribution in [2.45, 2.75) is 57.5 Å². The number of likely N-dealkylation sites (N-methyl/N-ethyl adjacent to an activating group) is 2. The smallest absolute Gasteiger partial charge is 0.0640 e. The molecule has 1 unspecified atom stereocenters. The van der Waals surface area contributed by atoms with Crippen molar-refractivity contribution in [2.24, 2.45) is 7.05 Å². The Balaban J connectivity index is 2.21. The van der Waals surface area contributed by atoms with E-state index in [1.807, 2.05) is 17.9 Å². The first-order valence-electron chi connectivity index (χ1n) is 8.07. The Bertz CT molecular complexity index is 402. The molecule has 1 saturated carbocycles. The van der Waals surface area contributed by atoms with Gasteiger partial charge in [-0.15, -0.1) is 0 Å². The van der Waals surface area contributed by atoms with Crippen LogP contribution in [-0.4, -0.2) is 46.4 Å². The van der Waals surface area contributed by atoms with Gasteiger partial charge in [0.2, 0.25) is 0 Å². The summed E-state index contributed by atoms with van der Waals surface area (Å²) in [6.07, 6.45) is 8.41. The molecule has 1 N–H and O–H groups in total. The fraction of sp³-hybridized carbons (Fsp3) is 0.812. The van der Waals surface area contributed by atoms with Gasteiger partial charge in [0.25, 0.3) is 0 Å². The summed E-state index contributed by atoms with van der Waals surface area (Å²) in [6.45, 7) is 6.85. The molecule has 1 heterocycles. The largest absolute Gasteiger partial charge is 0.315 e. The predicted molar refractivity (Wildman–Crippen MR) is 83.9 cm³/mol. The molecule has 0 bridgehead atoms. The maximum absolute atomic E-state index is 4.57. The van der Waals surface area contributed by atoms with Gasteiger partial charge in [-0.05, 0) is 39.0 Å². The summed E-state index contributed by atoms with van der Waals surface area (Å²) >= 11 is 0. The second-order valence-electron chi connectivity index (χ2n) is 6.01. The Kier molecular flexibility index (Phi) is 5.22. The summed E-state index contributed by atoms with van der Waals surface area (Å²) in [5.74, 6) is 0. The number of aryl methyl sites for hydroxylation is 1. The molecule has 0 aromatic carbocycles. The average molecular weight is 278 g/mol. The Morgan fingerprint density at radius 2 is 2.00 bits per heavy atom. The molecule has 1 atom stereocenters. The molecule has 20 heavy (non-hydrogen) atoms. The minimum absolute atomic E-state index is 0.315. The molecule has 0 radical (unpaired) electrons. The second-order valence-corrected chi connectivity index (χ2v) is 6.01. The number of nitrogens with one attached hydrogen (secondary N) is 1. The van der Waals surface area contributed by atoms with Crippen molar-refractivity contribution < 1.29 is 0 Å². The third-order valence-electron chi connectivity index (χ3n) is 5.04. The Morgan fingerprint density at radius 1 is 1.35 bits per heavy atom. The zero-order chi connectivity index (χ0) is 14.6. The van der Waals surface area contributed by atoms with E-state index in [1.165, 1.54) is 31.4 Å². The highest BCUT2D eigenvalue weighted by atomic mass is 15.3. The number of hydrogen-bond acceptors (Lipinski definition) is 3. The van der Waals surface area contributed by atoms with E-state index < -0.39 is 0 Å².